The van der Waals surface area contributed by atoms with E-state index in [1.54, 1.807) is 14.2 Å². The van der Waals surface area contributed by atoms with Gasteiger partial charge in [-0.25, -0.2) is 4.98 Å². The molecule has 0 saturated heterocycles. The highest BCUT2D eigenvalue weighted by Gasteiger charge is 2.25. The molecule has 1 N–H and O–H groups in total. The van der Waals surface area contributed by atoms with Gasteiger partial charge >= 0.3 is 0 Å². The van der Waals surface area contributed by atoms with Gasteiger partial charge in [0.1, 0.15) is 11.5 Å². The van der Waals surface area contributed by atoms with Crippen LogP contribution in [0.4, 0.5) is 0 Å². The molecule has 1 unspecified atom stereocenters. The molecular formula is C17H21N3O3S. The van der Waals surface area contributed by atoms with Crippen LogP contribution >= 0.6 is 0 Å². The molecular weight excluding hydrogens is 326 g/mol. The largest absolute Gasteiger partial charge is 0.500 e. The minimum atomic E-state index is -1.29. The summed E-state index contributed by atoms with van der Waals surface area (Å²) in [6, 6.07) is 5.53. The third kappa shape index (κ3) is 3.08. The average Bonchev–Trinajstić information content (AvgIpc) is 3.01. The number of methoxy groups -OCH3 is 2. The van der Waals surface area contributed by atoms with E-state index in [4.69, 9.17) is 9.47 Å². The summed E-state index contributed by atoms with van der Waals surface area (Å²) >= 11 is 0. The lowest BCUT2D eigenvalue weighted by Crippen LogP contribution is -2.26. The number of hydrogen-bond donors (Lipinski definition) is 1. The van der Waals surface area contributed by atoms with Gasteiger partial charge in [-0.3, -0.25) is 9.20 Å². The zero-order valence-electron chi connectivity index (χ0n) is 14.3. The predicted octanol–water partition coefficient (Wildman–Crippen LogP) is 2.69. The van der Waals surface area contributed by atoms with E-state index in [9.17, 15) is 4.21 Å². The number of ether oxygens (including phenoxy) is 2. The van der Waals surface area contributed by atoms with Gasteiger partial charge in [0.05, 0.1) is 54.3 Å². The Morgan fingerprint density at radius 1 is 1.33 bits per heavy atom. The number of imidazole rings is 1. The average molecular weight is 347 g/mol. The summed E-state index contributed by atoms with van der Waals surface area (Å²) in [7, 11) is 1.99. The first kappa shape index (κ1) is 16.7. The van der Waals surface area contributed by atoms with Gasteiger partial charge < -0.3 is 14.5 Å². The fraction of sp³-hybridized carbons (Fsp3) is 0.412. The van der Waals surface area contributed by atoms with Crippen LogP contribution in [0, 0.1) is 5.92 Å². The van der Waals surface area contributed by atoms with Crippen molar-refractivity contribution in [1.82, 2.24) is 9.97 Å². The van der Waals surface area contributed by atoms with Crippen LogP contribution in [0.5, 0.6) is 5.75 Å². The van der Waals surface area contributed by atoms with Gasteiger partial charge in [0, 0.05) is 11.8 Å². The molecule has 0 spiro atoms. The number of dihydropyridines is 1. The highest BCUT2D eigenvalue weighted by molar-refractivity contribution is 7.85. The number of aromatic nitrogens is 2. The monoisotopic (exact) mass is 347 g/mol. The van der Waals surface area contributed by atoms with E-state index in [1.165, 1.54) is 0 Å². The Morgan fingerprint density at radius 3 is 2.83 bits per heavy atom. The van der Waals surface area contributed by atoms with Crippen molar-refractivity contribution in [2.24, 2.45) is 10.9 Å². The summed E-state index contributed by atoms with van der Waals surface area (Å²) in [6.07, 6.45) is 0. The number of allylic oxidation sites excluding steroid dienone is 1. The third-order valence-corrected chi connectivity index (χ3v) is 5.40. The predicted molar refractivity (Wildman–Crippen MR) is 95.1 cm³/mol. The zero-order chi connectivity index (χ0) is 17.3. The second-order valence-corrected chi connectivity index (χ2v) is 7.16. The van der Waals surface area contributed by atoms with Gasteiger partial charge in [-0.15, -0.1) is 0 Å². The van der Waals surface area contributed by atoms with Crippen molar-refractivity contribution >= 4 is 27.5 Å². The summed E-state index contributed by atoms with van der Waals surface area (Å²) in [5.74, 6) is 2.04. The molecule has 1 aliphatic heterocycles. The van der Waals surface area contributed by atoms with Crippen LogP contribution in [0.15, 0.2) is 39.7 Å². The molecule has 6 nitrogen and oxygen atoms in total. The Balaban J connectivity index is 1.80. The molecule has 2 heterocycles. The van der Waals surface area contributed by atoms with Gasteiger partial charge in [0.2, 0.25) is 0 Å². The number of H-pyrrole nitrogens is 1. The molecule has 0 amide bonds. The van der Waals surface area contributed by atoms with Crippen LogP contribution in [-0.2, 0) is 15.5 Å². The number of aromatic amines is 1. The van der Waals surface area contributed by atoms with Crippen molar-refractivity contribution in [3.63, 3.8) is 0 Å². The van der Waals surface area contributed by atoms with Crippen molar-refractivity contribution in [2.75, 3.05) is 26.5 Å². The minimum Gasteiger partial charge on any atom is -0.500 e. The van der Waals surface area contributed by atoms with Crippen molar-refractivity contribution in [3.8, 4) is 5.75 Å². The molecule has 0 aliphatic carbocycles. The topological polar surface area (TPSA) is 76.6 Å². The van der Waals surface area contributed by atoms with E-state index in [1.807, 2.05) is 32.0 Å². The van der Waals surface area contributed by atoms with Crippen LogP contribution < -0.4 is 4.74 Å². The van der Waals surface area contributed by atoms with E-state index in [0.29, 0.717) is 17.5 Å². The van der Waals surface area contributed by atoms with Crippen LogP contribution in [0.25, 0.3) is 11.0 Å². The maximum Gasteiger partial charge on any atom is 0.197 e. The highest BCUT2D eigenvalue weighted by Crippen LogP contribution is 2.24. The third-order valence-electron chi connectivity index (χ3n) is 4.21. The van der Waals surface area contributed by atoms with Crippen molar-refractivity contribution < 1.29 is 13.7 Å². The number of aliphatic imine (C=N–C) groups is 1. The van der Waals surface area contributed by atoms with Crippen LogP contribution in [0.2, 0.25) is 0 Å². The molecule has 2 aromatic rings. The molecule has 1 aromatic heterocycles. The lowest BCUT2D eigenvalue weighted by Gasteiger charge is -2.23. The first-order valence-corrected chi connectivity index (χ1v) is 9.04. The van der Waals surface area contributed by atoms with E-state index in [-0.39, 0.29) is 5.92 Å². The minimum absolute atomic E-state index is 0.0390. The summed E-state index contributed by atoms with van der Waals surface area (Å²) in [4.78, 5) is 12.1. The summed E-state index contributed by atoms with van der Waals surface area (Å²) in [6.45, 7) is 4.64. The maximum atomic E-state index is 12.7. The van der Waals surface area contributed by atoms with E-state index in [0.717, 1.165) is 33.8 Å². The van der Waals surface area contributed by atoms with Gasteiger partial charge in [-0.2, -0.15) is 0 Å². The Kier molecular flexibility index (Phi) is 4.71. The maximum absolute atomic E-state index is 12.7. The molecule has 0 radical (unpaired) electrons. The Bertz CT molecular complexity index is 854. The quantitative estimate of drug-likeness (QED) is 0.902. The molecule has 0 fully saturated rings. The molecule has 7 heteroatoms. The van der Waals surface area contributed by atoms with Crippen LogP contribution in [0.1, 0.15) is 13.8 Å². The lowest BCUT2D eigenvalue weighted by molar-refractivity contribution is 0.259. The van der Waals surface area contributed by atoms with E-state index < -0.39 is 10.8 Å². The number of benzene rings is 1. The van der Waals surface area contributed by atoms with Crippen molar-refractivity contribution in [3.05, 3.63) is 29.5 Å². The zero-order valence-corrected chi connectivity index (χ0v) is 15.1. The van der Waals surface area contributed by atoms with Gasteiger partial charge in [0.15, 0.2) is 5.16 Å². The van der Waals surface area contributed by atoms with E-state index >= 15 is 0 Å². The molecule has 128 valence electrons. The van der Waals surface area contributed by atoms with E-state index in [2.05, 4.69) is 15.0 Å². The summed E-state index contributed by atoms with van der Waals surface area (Å²) in [5.41, 5.74) is 3.58. The summed E-state index contributed by atoms with van der Waals surface area (Å²) < 4.78 is 23.4. The Labute approximate surface area is 143 Å². The molecule has 1 aromatic carbocycles. The molecule has 3 rings (SSSR count). The second-order valence-electron chi connectivity index (χ2n) is 5.79. The molecule has 2 atom stereocenters. The fourth-order valence-corrected chi connectivity index (χ4v) is 4.05. The standard InChI is InChI=1S/C17H21N3O3S/c1-10-8-18-15(11(2)16(10)23-4)9-24(21)17-19-13-6-5-12(22-3)7-14(13)20-17/h5-7,11H,8-9H2,1-4H3,(H,19,20)/t11?,24-/m1/s1. The smallest absolute Gasteiger partial charge is 0.197 e. The number of fused-ring (bicyclic) bond motifs is 1. The van der Waals surface area contributed by atoms with Gasteiger partial charge in [-0.05, 0) is 24.6 Å². The highest BCUT2D eigenvalue weighted by atomic mass is 32.2. The molecule has 24 heavy (non-hydrogen) atoms. The fourth-order valence-electron chi connectivity index (χ4n) is 2.88. The van der Waals surface area contributed by atoms with Gasteiger partial charge in [0.25, 0.3) is 0 Å². The Hall–Kier alpha value is -2.15. The first-order chi connectivity index (χ1) is 11.5. The second kappa shape index (κ2) is 6.76. The van der Waals surface area contributed by atoms with Gasteiger partial charge in [-0.1, -0.05) is 6.92 Å². The molecule has 0 saturated carbocycles. The number of hydrogen-bond acceptors (Lipinski definition) is 5. The van der Waals surface area contributed by atoms with Crippen molar-refractivity contribution in [1.29, 1.82) is 0 Å². The first-order valence-electron chi connectivity index (χ1n) is 7.72. The number of rotatable bonds is 5. The Morgan fingerprint density at radius 2 is 2.12 bits per heavy atom. The molecule has 1 aliphatic rings. The van der Waals surface area contributed by atoms with Crippen LogP contribution in [-0.4, -0.2) is 46.4 Å². The SMILES string of the molecule is COC1=C(C)CN=C(C[S@@](=O)c2nc3ccc(OC)cc3[nH]2)C1C. The number of nitrogens with one attached hydrogen (secondary N) is 1. The summed E-state index contributed by atoms with van der Waals surface area (Å²) in [5, 5.41) is 0.457. The van der Waals surface area contributed by atoms with Crippen molar-refractivity contribution in [2.45, 2.75) is 19.0 Å². The molecule has 0 bridgehead atoms. The number of nitrogens with zero attached hydrogens (tertiary/aromatic N) is 2. The van der Waals surface area contributed by atoms with Crippen LogP contribution in [0.3, 0.4) is 0 Å². The normalized spacial score (nSPS) is 19.3. The lowest BCUT2D eigenvalue weighted by atomic mass is 9.98.